The fourth-order valence-electron chi connectivity index (χ4n) is 2.79. The summed E-state index contributed by atoms with van der Waals surface area (Å²) in [6.07, 6.45) is 3.06. The topological polar surface area (TPSA) is 126 Å². The molecule has 4 rings (SSSR count). The van der Waals surface area contributed by atoms with Crippen molar-refractivity contribution < 1.29 is 5.11 Å². The molecule has 26 heavy (non-hydrogen) atoms. The standard InChI is InChI=1S/C18H13N7O/c19-8-11-2-1-3-12(6-11)16-17(14-4-5-21-10-22-14)25-15(18(20)23-16)7-13(9-26)24-25/h1-7,10,26H,9H2,(H2,20,23). The molecule has 4 aromatic rings. The van der Waals surface area contributed by atoms with Crippen LogP contribution in [0.3, 0.4) is 0 Å². The normalized spacial score (nSPS) is 10.8. The Morgan fingerprint density at radius 2 is 2.12 bits per heavy atom. The van der Waals surface area contributed by atoms with Gasteiger partial charge in [-0.2, -0.15) is 10.4 Å². The minimum atomic E-state index is -0.219. The first-order valence-electron chi connectivity index (χ1n) is 7.77. The molecule has 0 bridgehead atoms. The Hall–Kier alpha value is -3.83. The van der Waals surface area contributed by atoms with Gasteiger partial charge in [-0.15, -0.1) is 0 Å². The second-order valence-electron chi connectivity index (χ2n) is 5.57. The summed E-state index contributed by atoms with van der Waals surface area (Å²) in [5, 5.41) is 23.1. The lowest BCUT2D eigenvalue weighted by Crippen LogP contribution is -2.05. The van der Waals surface area contributed by atoms with Crippen molar-refractivity contribution in [1.29, 1.82) is 5.26 Å². The quantitative estimate of drug-likeness (QED) is 0.581. The zero-order valence-electron chi connectivity index (χ0n) is 13.5. The molecule has 0 radical (unpaired) electrons. The number of aromatic nitrogens is 5. The summed E-state index contributed by atoms with van der Waals surface area (Å²) in [4.78, 5) is 12.8. The fourth-order valence-corrected chi connectivity index (χ4v) is 2.79. The Balaban J connectivity index is 2.10. The first-order valence-corrected chi connectivity index (χ1v) is 7.77. The van der Waals surface area contributed by atoms with E-state index in [0.717, 1.165) is 0 Å². The molecule has 0 spiro atoms. The van der Waals surface area contributed by atoms with Crippen LogP contribution in [0.5, 0.6) is 0 Å². The molecular formula is C18H13N7O. The van der Waals surface area contributed by atoms with Gasteiger partial charge in [-0.25, -0.2) is 19.5 Å². The van der Waals surface area contributed by atoms with Gasteiger partial charge in [0.2, 0.25) is 0 Å². The van der Waals surface area contributed by atoms with E-state index < -0.39 is 0 Å². The number of fused-ring (bicyclic) bond motifs is 1. The van der Waals surface area contributed by atoms with Crippen molar-refractivity contribution in [2.75, 3.05) is 5.73 Å². The van der Waals surface area contributed by atoms with Crippen LogP contribution in [0.4, 0.5) is 5.82 Å². The highest BCUT2D eigenvalue weighted by Gasteiger charge is 2.19. The Morgan fingerprint density at radius 1 is 1.23 bits per heavy atom. The van der Waals surface area contributed by atoms with Crippen molar-refractivity contribution in [2.45, 2.75) is 6.61 Å². The second-order valence-corrected chi connectivity index (χ2v) is 5.57. The Bertz CT molecular complexity index is 1150. The number of anilines is 1. The molecule has 0 fully saturated rings. The lowest BCUT2D eigenvalue weighted by molar-refractivity contribution is 0.276. The first-order chi connectivity index (χ1) is 12.7. The number of hydrogen-bond donors (Lipinski definition) is 2. The summed E-state index contributed by atoms with van der Waals surface area (Å²) in [7, 11) is 0. The minimum absolute atomic E-state index is 0.219. The van der Waals surface area contributed by atoms with Crippen molar-refractivity contribution in [1.82, 2.24) is 24.6 Å². The Morgan fingerprint density at radius 3 is 2.85 bits per heavy atom. The maximum atomic E-state index is 9.45. The number of nitrogen functional groups attached to an aromatic ring is 1. The van der Waals surface area contributed by atoms with Crippen LogP contribution in [-0.4, -0.2) is 29.7 Å². The summed E-state index contributed by atoms with van der Waals surface area (Å²) >= 11 is 0. The summed E-state index contributed by atoms with van der Waals surface area (Å²) in [6, 6.07) is 12.6. The largest absolute Gasteiger partial charge is 0.390 e. The van der Waals surface area contributed by atoms with Crippen LogP contribution < -0.4 is 5.73 Å². The third-order valence-corrected chi connectivity index (χ3v) is 3.94. The van der Waals surface area contributed by atoms with E-state index in [0.29, 0.717) is 39.4 Å². The monoisotopic (exact) mass is 343 g/mol. The summed E-state index contributed by atoms with van der Waals surface area (Å²) < 4.78 is 1.62. The summed E-state index contributed by atoms with van der Waals surface area (Å²) in [6.45, 7) is -0.219. The third-order valence-electron chi connectivity index (χ3n) is 3.94. The van der Waals surface area contributed by atoms with Crippen LogP contribution in [0, 0.1) is 11.3 Å². The molecule has 1 aromatic carbocycles. The molecule has 126 valence electrons. The fraction of sp³-hybridized carbons (Fsp3) is 0.0556. The smallest absolute Gasteiger partial charge is 0.150 e. The number of benzene rings is 1. The van der Waals surface area contributed by atoms with Gasteiger partial charge in [0.05, 0.1) is 29.6 Å². The highest BCUT2D eigenvalue weighted by molar-refractivity contribution is 5.83. The van der Waals surface area contributed by atoms with Gasteiger partial charge in [0, 0.05) is 11.8 Å². The lowest BCUT2D eigenvalue weighted by atomic mass is 10.0. The number of nitrogens with two attached hydrogens (primary N) is 1. The molecular weight excluding hydrogens is 330 g/mol. The molecule has 0 atom stereocenters. The molecule has 8 nitrogen and oxygen atoms in total. The third kappa shape index (κ3) is 2.53. The molecule has 0 amide bonds. The van der Waals surface area contributed by atoms with E-state index in [4.69, 9.17) is 5.73 Å². The zero-order chi connectivity index (χ0) is 18.1. The highest BCUT2D eigenvalue weighted by Crippen LogP contribution is 2.32. The maximum Gasteiger partial charge on any atom is 0.150 e. The Kier molecular flexibility index (Phi) is 3.76. The van der Waals surface area contributed by atoms with Gasteiger partial charge in [0.25, 0.3) is 0 Å². The number of nitrogens with zero attached hydrogens (tertiary/aromatic N) is 6. The molecule has 3 N–H and O–H groups in total. The lowest BCUT2D eigenvalue weighted by Gasteiger charge is -2.12. The second kappa shape index (κ2) is 6.23. The summed E-state index contributed by atoms with van der Waals surface area (Å²) in [5.74, 6) is 0.271. The molecule has 0 aliphatic carbocycles. The van der Waals surface area contributed by atoms with Gasteiger partial charge in [-0.1, -0.05) is 12.1 Å². The molecule has 0 saturated heterocycles. The average molecular weight is 343 g/mol. The average Bonchev–Trinajstić information content (AvgIpc) is 3.13. The number of aliphatic hydroxyl groups excluding tert-OH is 1. The molecule has 0 aliphatic rings. The predicted octanol–water partition coefficient (Wildman–Crippen LogP) is 1.80. The number of rotatable bonds is 3. The minimum Gasteiger partial charge on any atom is -0.390 e. The molecule has 3 aromatic heterocycles. The zero-order valence-corrected chi connectivity index (χ0v) is 13.5. The van der Waals surface area contributed by atoms with E-state index in [9.17, 15) is 10.4 Å². The van der Waals surface area contributed by atoms with Gasteiger partial charge in [0.15, 0.2) is 0 Å². The number of aliphatic hydroxyl groups is 1. The summed E-state index contributed by atoms with van der Waals surface area (Å²) in [5.41, 5.74) is 10.1. The maximum absolute atomic E-state index is 9.45. The van der Waals surface area contributed by atoms with E-state index in [1.807, 2.05) is 6.07 Å². The van der Waals surface area contributed by atoms with Crippen molar-refractivity contribution >= 4 is 11.3 Å². The molecule has 8 heteroatoms. The molecule has 0 unspecified atom stereocenters. The van der Waals surface area contributed by atoms with Crippen LogP contribution in [0.1, 0.15) is 11.3 Å². The van der Waals surface area contributed by atoms with Gasteiger partial charge in [0.1, 0.15) is 29.0 Å². The molecule has 0 saturated carbocycles. The van der Waals surface area contributed by atoms with Crippen molar-refractivity contribution in [3.8, 4) is 28.7 Å². The SMILES string of the molecule is N#Cc1cccc(-c2nc(N)c3cc(CO)nn3c2-c2ccncn2)c1. The van der Waals surface area contributed by atoms with E-state index >= 15 is 0 Å². The number of hydrogen-bond acceptors (Lipinski definition) is 7. The number of nitriles is 1. The van der Waals surface area contributed by atoms with Crippen molar-refractivity contribution in [3.05, 3.63) is 60.2 Å². The Labute approximate surface area is 148 Å². The van der Waals surface area contributed by atoms with Gasteiger partial charge in [-0.3, -0.25) is 0 Å². The van der Waals surface area contributed by atoms with Crippen LogP contribution in [0.15, 0.2) is 48.9 Å². The molecule has 0 aliphatic heterocycles. The van der Waals surface area contributed by atoms with Crippen LogP contribution in [0.25, 0.3) is 28.2 Å². The first kappa shape index (κ1) is 15.7. The highest BCUT2D eigenvalue weighted by atomic mass is 16.3. The van der Waals surface area contributed by atoms with Crippen LogP contribution in [0.2, 0.25) is 0 Å². The van der Waals surface area contributed by atoms with Gasteiger partial charge in [-0.05, 0) is 24.3 Å². The molecule has 3 heterocycles. The van der Waals surface area contributed by atoms with Gasteiger partial charge >= 0.3 is 0 Å². The van der Waals surface area contributed by atoms with Crippen LogP contribution in [-0.2, 0) is 6.61 Å². The predicted molar refractivity (Wildman–Crippen MR) is 94.5 cm³/mol. The van der Waals surface area contributed by atoms with E-state index in [2.05, 4.69) is 26.1 Å². The van der Waals surface area contributed by atoms with E-state index in [-0.39, 0.29) is 12.4 Å². The van der Waals surface area contributed by atoms with Gasteiger partial charge < -0.3 is 10.8 Å². The van der Waals surface area contributed by atoms with Crippen molar-refractivity contribution in [3.63, 3.8) is 0 Å². The van der Waals surface area contributed by atoms with Crippen LogP contribution >= 0.6 is 0 Å². The van der Waals surface area contributed by atoms with E-state index in [1.165, 1.54) is 6.33 Å². The van der Waals surface area contributed by atoms with E-state index in [1.54, 1.807) is 41.0 Å². The van der Waals surface area contributed by atoms with Crippen molar-refractivity contribution in [2.24, 2.45) is 0 Å².